The molecule has 1 unspecified atom stereocenters. The van der Waals surface area contributed by atoms with E-state index in [0.717, 1.165) is 39.2 Å². The zero-order chi connectivity index (χ0) is 32.6. The minimum atomic E-state index is -0.329. The highest BCUT2D eigenvalue weighted by molar-refractivity contribution is 7.26. The first-order valence-electron chi connectivity index (χ1n) is 16.5. The first-order valence-corrected chi connectivity index (χ1v) is 17.3. The van der Waals surface area contributed by atoms with Crippen molar-refractivity contribution in [2.24, 2.45) is 9.98 Å². The predicted molar refractivity (Wildman–Crippen MR) is 207 cm³/mol. The summed E-state index contributed by atoms with van der Waals surface area (Å²) in [5.74, 6) is 1.51. The molecule has 0 spiro atoms. The predicted octanol–water partition coefficient (Wildman–Crippen LogP) is 11.6. The van der Waals surface area contributed by atoms with Crippen LogP contribution in [0.2, 0.25) is 0 Å². The molecule has 0 radical (unpaired) electrons. The molecule has 232 valence electrons. The summed E-state index contributed by atoms with van der Waals surface area (Å²) in [6.07, 6.45) is -0.329. The summed E-state index contributed by atoms with van der Waals surface area (Å²) in [5, 5.41) is 6.32. The van der Waals surface area contributed by atoms with E-state index in [1.807, 2.05) is 17.4 Å². The SMILES string of the molecule is c1ccc(-c2cccc(C3=NC(c4cccc(-c5ccccc5)c4)NC(c4cc(-c5ccccc5)c5c(c4)sc4ccccc45)=N3)c2)cc1. The molecule has 8 aromatic rings. The van der Waals surface area contributed by atoms with Crippen molar-refractivity contribution < 1.29 is 0 Å². The third-order valence-electron chi connectivity index (χ3n) is 9.12. The van der Waals surface area contributed by atoms with Crippen molar-refractivity contribution in [3.05, 3.63) is 193 Å². The molecule has 2 heterocycles. The van der Waals surface area contributed by atoms with Gasteiger partial charge in [-0.05, 0) is 69.3 Å². The molecule has 49 heavy (non-hydrogen) atoms. The molecular formula is C45H31N3S. The molecule has 7 aromatic carbocycles. The Kier molecular flexibility index (Phi) is 7.41. The van der Waals surface area contributed by atoms with Crippen LogP contribution in [-0.4, -0.2) is 11.7 Å². The number of nitrogens with one attached hydrogen (secondary N) is 1. The van der Waals surface area contributed by atoms with E-state index in [1.165, 1.54) is 36.9 Å². The number of benzene rings is 7. The van der Waals surface area contributed by atoms with Crippen molar-refractivity contribution in [2.75, 3.05) is 0 Å². The van der Waals surface area contributed by atoms with Crippen molar-refractivity contribution in [1.82, 2.24) is 5.32 Å². The molecule has 1 atom stereocenters. The van der Waals surface area contributed by atoms with Crippen molar-refractivity contribution in [3.63, 3.8) is 0 Å². The standard InChI is InChI=1S/C45H31N3S/c1-4-14-30(15-5-1)33-20-12-22-35(26-33)43-46-44(36-23-13-21-34(27-36)31-16-6-2-7-17-31)48-45(47-43)37-28-39(32-18-8-3-9-19-32)42-38-24-10-11-25-40(38)49-41(42)29-37/h1-29,43H,(H,46,47,48). The first-order chi connectivity index (χ1) is 24.3. The number of amidine groups is 2. The van der Waals surface area contributed by atoms with Gasteiger partial charge in [-0.15, -0.1) is 11.3 Å². The van der Waals surface area contributed by atoms with Crippen molar-refractivity contribution in [1.29, 1.82) is 0 Å². The normalized spacial score (nSPS) is 14.3. The van der Waals surface area contributed by atoms with E-state index in [1.54, 1.807) is 0 Å². The van der Waals surface area contributed by atoms with Crippen LogP contribution < -0.4 is 5.32 Å². The summed E-state index contributed by atoms with van der Waals surface area (Å²) in [4.78, 5) is 10.5. The van der Waals surface area contributed by atoms with Crippen LogP contribution in [0.25, 0.3) is 53.6 Å². The highest BCUT2D eigenvalue weighted by Crippen LogP contribution is 2.41. The van der Waals surface area contributed by atoms with Gasteiger partial charge >= 0.3 is 0 Å². The molecule has 1 N–H and O–H groups in total. The summed E-state index contributed by atoms with van der Waals surface area (Å²) in [6.45, 7) is 0. The maximum atomic E-state index is 5.27. The van der Waals surface area contributed by atoms with E-state index in [9.17, 15) is 0 Å². The van der Waals surface area contributed by atoms with Crippen LogP contribution in [0.3, 0.4) is 0 Å². The van der Waals surface area contributed by atoms with Crippen LogP contribution in [0.4, 0.5) is 0 Å². The Hall–Kier alpha value is -6.10. The van der Waals surface area contributed by atoms with Gasteiger partial charge in [0.25, 0.3) is 0 Å². The lowest BCUT2D eigenvalue weighted by Crippen LogP contribution is -2.33. The molecule has 1 aliphatic rings. The number of fused-ring (bicyclic) bond motifs is 3. The molecule has 9 rings (SSSR count). The minimum absolute atomic E-state index is 0.329. The first kappa shape index (κ1) is 29.1. The second-order valence-electron chi connectivity index (χ2n) is 12.3. The number of hydrogen-bond donors (Lipinski definition) is 1. The molecule has 0 aliphatic carbocycles. The molecule has 0 bridgehead atoms. The third kappa shape index (κ3) is 5.62. The van der Waals surface area contributed by atoms with Gasteiger partial charge in [0.15, 0.2) is 5.84 Å². The lowest BCUT2D eigenvalue weighted by molar-refractivity contribution is 0.674. The van der Waals surface area contributed by atoms with Gasteiger partial charge in [-0.2, -0.15) is 0 Å². The molecule has 0 amide bonds. The topological polar surface area (TPSA) is 36.8 Å². The van der Waals surface area contributed by atoms with E-state index in [0.29, 0.717) is 5.84 Å². The van der Waals surface area contributed by atoms with Crippen LogP contribution in [0, 0.1) is 0 Å². The molecule has 0 saturated heterocycles. The summed E-state index contributed by atoms with van der Waals surface area (Å²) < 4.78 is 2.51. The number of nitrogens with zero attached hydrogens (tertiary/aromatic N) is 2. The highest BCUT2D eigenvalue weighted by Gasteiger charge is 2.23. The summed E-state index contributed by atoms with van der Waals surface area (Å²) in [6, 6.07) is 62.2. The van der Waals surface area contributed by atoms with Gasteiger partial charge in [-0.3, -0.25) is 0 Å². The monoisotopic (exact) mass is 645 g/mol. The number of hydrogen-bond acceptors (Lipinski definition) is 4. The van der Waals surface area contributed by atoms with E-state index >= 15 is 0 Å². The highest BCUT2D eigenvalue weighted by atomic mass is 32.1. The van der Waals surface area contributed by atoms with Crippen molar-refractivity contribution >= 4 is 43.2 Å². The number of thiophene rings is 1. The minimum Gasteiger partial charge on any atom is -0.344 e. The molecule has 1 aromatic heterocycles. The zero-order valence-corrected chi connectivity index (χ0v) is 27.4. The molecule has 0 saturated carbocycles. The van der Waals surface area contributed by atoms with Crippen molar-refractivity contribution in [3.8, 4) is 33.4 Å². The average Bonchev–Trinajstić information content (AvgIpc) is 3.57. The average molecular weight is 646 g/mol. The van der Waals surface area contributed by atoms with Gasteiger partial charge in [-0.25, -0.2) is 9.98 Å². The number of aliphatic imine (C=N–C) groups is 2. The van der Waals surface area contributed by atoms with Crippen LogP contribution in [0.15, 0.2) is 186 Å². The maximum absolute atomic E-state index is 5.27. The van der Waals surface area contributed by atoms with Crippen LogP contribution >= 0.6 is 11.3 Å². The largest absolute Gasteiger partial charge is 0.344 e. The molecule has 1 aliphatic heterocycles. The molecule has 0 fully saturated rings. The third-order valence-corrected chi connectivity index (χ3v) is 10.2. The van der Waals surface area contributed by atoms with Crippen LogP contribution in [0.1, 0.15) is 22.9 Å². The van der Waals surface area contributed by atoms with E-state index in [2.05, 4.69) is 175 Å². The second kappa shape index (κ2) is 12.5. The Labute approximate surface area is 289 Å². The fourth-order valence-corrected chi connectivity index (χ4v) is 7.89. The lowest BCUT2D eigenvalue weighted by atomic mass is 9.96. The Morgan fingerprint density at radius 2 is 1.04 bits per heavy atom. The second-order valence-corrected chi connectivity index (χ2v) is 13.3. The van der Waals surface area contributed by atoms with E-state index in [-0.39, 0.29) is 6.17 Å². The Bertz CT molecular complexity index is 2510. The Balaban J connectivity index is 1.22. The quantitative estimate of drug-likeness (QED) is 0.192. The van der Waals surface area contributed by atoms with Crippen LogP contribution in [-0.2, 0) is 0 Å². The summed E-state index contributed by atoms with van der Waals surface area (Å²) >= 11 is 1.83. The van der Waals surface area contributed by atoms with E-state index < -0.39 is 0 Å². The Morgan fingerprint density at radius 1 is 0.449 bits per heavy atom. The van der Waals surface area contributed by atoms with Gasteiger partial charge in [0.2, 0.25) is 0 Å². The van der Waals surface area contributed by atoms with Crippen LogP contribution in [0.5, 0.6) is 0 Å². The van der Waals surface area contributed by atoms with Gasteiger partial charge in [0.1, 0.15) is 12.0 Å². The smallest absolute Gasteiger partial charge is 0.159 e. The maximum Gasteiger partial charge on any atom is 0.159 e. The summed E-state index contributed by atoms with van der Waals surface area (Å²) in [7, 11) is 0. The Morgan fingerprint density at radius 3 is 1.78 bits per heavy atom. The molecule has 3 nitrogen and oxygen atoms in total. The van der Waals surface area contributed by atoms with Gasteiger partial charge < -0.3 is 5.32 Å². The van der Waals surface area contributed by atoms with Gasteiger partial charge in [0, 0.05) is 31.3 Å². The molecule has 4 heteroatoms. The fraction of sp³-hybridized carbons (Fsp3) is 0.0222. The zero-order valence-electron chi connectivity index (χ0n) is 26.6. The van der Waals surface area contributed by atoms with Crippen molar-refractivity contribution in [2.45, 2.75) is 6.17 Å². The summed E-state index contributed by atoms with van der Waals surface area (Å²) in [5.41, 5.74) is 10.1. The lowest BCUT2D eigenvalue weighted by Gasteiger charge is -2.24. The fourth-order valence-electron chi connectivity index (χ4n) is 6.72. The van der Waals surface area contributed by atoms with Gasteiger partial charge in [-0.1, -0.05) is 146 Å². The van der Waals surface area contributed by atoms with E-state index in [4.69, 9.17) is 9.98 Å². The molecular weight excluding hydrogens is 615 g/mol. The van der Waals surface area contributed by atoms with Gasteiger partial charge in [0.05, 0.1) is 0 Å². The number of rotatable bonds is 6.